The number of benzene rings is 3. The fourth-order valence-electron chi connectivity index (χ4n) is 2.21. The summed E-state index contributed by atoms with van der Waals surface area (Å²) in [5, 5.41) is 1.94. The molecule has 120 valence electrons. The van der Waals surface area contributed by atoms with E-state index in [-0.39, 0.29) is 0 Å². The fraction of sp³-hybridized carbons (Fsp3) is 0.0476. The molecule has 1 nitrogen and oxygen atoms in total. The Morgan fingerprint density at radius 3 is 2.04 bits per heavy atom. The van der Waals surface area contributed by atoms with Gasteiger partial charge in [-0.05, 0) is 0 Å². The fourth-order valence-corrected chi connectivity index (χ4v) is 6.57. The second-order valence-corrected chi connectivity index (χ2v) is 9.86. The van der Waals surface area contributed by atoms with Gasteiger partial charge in [-0.2, -0.15) is 0 Å². The van der Waals surface area contributed by atoms with E-state index in [9.17, 15) is 4.21 Å². The van der Waals surface area contributed by atoms with Gasteiger partial charge in [0.25, 0.3) is 0 Å². The molecule has 0 N–H and O–H groups in total. The maximum absolute atomic E-state index is 12.8. The van der Waals surface area contributed by atoms with E-state index in [1.807, 2.05) is 60.9 Å². The summed E-state index contributed by atoms with van der Waals surface area (Å²) < 4.78 is 15.3. The summed E-state index contributed by atoms with van der Waals surface area (Å²) in [5.41, 5.74) is 2.35. The van der Waals surface area contributed by atoms with Crippen molar-refractivity contribution in [2.24, 2.45) is 0 Å². The average Bonchev–Trinajstić information content (AvgIpc) is 2.63. The molecule has 3 aromatic carbocycles. The summed E-state index contributed by atoms with van der Waals surface area (Å²) in [5.74, 6) is 0. The molecule has 0 bridgehead atoms. The molecule has 3 rings (SSSR count). The third-order valence-electron chi connectivity index (χ3n) is 3.50. The van der Waals surface area contributed by atoms with Crippen LogP contribution < -0.4 is 3.61 Å². The molecule has 0 saturated carbocycles. The van der Waals surface area contributed by atoms with Gasteiger partial charge < -0.3 is 0 Å². The third kappa shape index (κ3) is 4.67. The predicted octanol–water partition coefficient (Wildman–Crippen LogP) is 4.13. The first-order valence-electron chi connectivity index (χ1n) is 7.70. The van der Waals surface area contributed by atoms with Crippen LogP contribution in [0.15, 0.2) is 95.2 Å². The van der Waals surface area contributed by atoms with Gasteiger partial charge in [0.2, 0.25) is 0 Å². The van der Waals surface area contributed by atoms with E-state index >= 15 is 0 Å². The van der Waals surface area contributed by atoms with Crippen molar-refractivity contribution < 1.29 is 4.21 Å². The van der Waals surface area contributed by atoms with Crippen molar-refractivity contribution in [1.29, 1.82) is 0 Å². The molecule has 0 amide bonds. The van der Waals surface area contributed by atoms with Gasteiger partial charge in [0, 0.05) is 0 Å². The molecule has 0 aliphatic rings. The molecule has 0 aromatic heterocycles. The number of rotatable bonds is 5. The summed E-state index contributed by atoms with van der Waals surface area (Å²) in [4.78, 5) is 0.856. The zero-order chi connectivity index (χ0) is 16.8. The summed E-state index contributed by atoms with van der Waals surface area (Å²) >= 11 is -0.590. The van der Waals surface area contributed by atoms with Crippen molar-refractivity contribution in [2.75, 3.05) is 0 Å². The number of hydrogen-bond donors (Lipinski definition) is 0. The maximum atomic E-state index is 12.8. The van der Waals surface area contributed by atoms with Gasteiger partial charge in [-0.1, -0.05) is 0 Å². The van der Waals surface area contributed by atoms with Crippen LogP contribution in [0.3, 0.4) is 0 Å². The molecule has 0 fully saturated rings. The van der Waals surface area contributed by atoms with Gasteiger partial charge in [-0.3, -0.25) is 0 Å². The van der Waals surface area contributed by atoms with E-state index in [1.165, 1.54) is 18.4 Å². The van der Waals surface area contributed by atoms with Gasteiger partial charge in [0.1, 0.15) is 0 Å². The van der Waals surface area contributed by atoms with Crippen molar-refractivity contribution in [1.82, 2.24) is 0 Å². The van der Waals surface area contributed by atoms with E-state index in [2.05, 4.69) is 36.4 Å². The second kappa shape index (κ2) is 8.44. The molecule has 0 spiro atoms. The van der Waals surface area contributed by atoms with Gasteiger partial charge >= 0.3 is 156 Å². The van der Waals surface area contributed by atoms with Crippen LogP contribution in [0.1, 0.15) is 11.1 Å². The Balaban J connectivity index is 1.94. The first kappa shape index (κ1) is 17.2. The van der Waals surface area contributed by atoms with Crippen LogP contribution in [0.2, 0.25) is 0 Å². The van der Waals surface area contributed by atoms with Gasteiger partial charge in [-0.15, -0.1) is 0 Å². The van der Waals surface area contributed by atoms with Crippen LogP contribution in [0.4, 0.5) is 0 Å². The molecule has 0 heterocycles. The van der Waals surface area contributed by atoms with Gasteiger partial charge in [0.05, 0.1) is 0 Å². The normalized spacial score (nSPS) is 12.8. The summed E-state index contributed by atoms with van der Waals surface area (Å²) in [6.07, 6.45) is 0. The summed E-state index contributed by atoms with van der Waals surface area (Å²) in [6, 6.07) is 28.7. The quantitative estimate of drug-likeness (QED) is 0.539. The summed E-state index contributed by atoms with van der Waals surface area (Å²) in [6.45, 7) is 2.04. The Morgan fingerprint density at radius 1 is 0.833 bits per heavy atom. The van der Waals surface area contributed by atoms with Crippen LogP contribution in [0, 0.1) is 6.92 Å². The molecule has 0 radical (unpaired) electrons. The monoisotopic (exact) mass is 448 g/mol. The van der Waals surface area contributed by atoms with Crippen LogP contribution in [-0.2, 0) is 10.8 Å². The Kier molecular flexibility index (Phi) is 6.04. The zero-order valence-electron chi connectivity index (χ0n) is 13.4. The predicted molar refractivity (Wildman–Crippen MR) is 104 cm³/mol. The Hall–Kier alpha value is -1.66. The van der Waals surface area contributed by atoms with Crippen molar-refractivity contribution in [3.05, 3.63) is 101 Å². The van der Waals surface area contributed by atoms with E-state index < -0.39 is 31.7 Å². The Labute approximate surface area is 156 Å². The van der Waals surface area contributed by atoms with Crippen LogP contribution in [0.25, 0.3) is 3.62 Å². The Morgan fingerprint density at radius 2 is 1.42 bits per heavy atom. The zero-order valence-corrected chi connectivity index (χ0v) is 16.5. The molecule has 0 aliphatic heterocycles. The topological polar surface area (TPSA) is 17.1 Å². The van der Waals surface area contributed by atoms with Gasteiger partial charge in [-0.25, -0.2) is 0 Å². The second-order valence-electron chi connectivity index (χ2n) is 5.37. The molecule has 1 atom stereocenters. The third-order valence-corrected chi connectivity index (χ3v) is 8.24. The number of hydrogen-bond acceptors (Lipinski definition) is 1. The van der Waals surface area contributed by atoms with E-state index in [4.69, 9.17) is 0 Å². The van der Waals surface area contributed by atoms with Crippen molar-refractivity contribution in [3.8, 4) is 0 Å². The van der Waals surface area contributed by atoms with Gasteiger partial charge in [0.15, 0.2) is 0 Å². The Bertz CT molecular complexity index is 840. The standard InChI is InChI=1S/C21H18OSTe/c1-17-12-14-19(15-13-17)23(22)16-21(18-8-4-2-5-9-18)24-20-10-6-3-7-11-20/h2-16H,1H3/b21-16-. The van der Waals surface area contributed by atoms with Crippen molar-refractivity contribution >= 4 is 39.0 Å². The van der Waals surface area contributed by atoms with Crippen molar-refractivity contribution in [2.45, 2.75) is 11.8 Å². The SMILES string of the molecule is Cc1ccc(S(=O)/C=C(\[Te]c2ccccc2)c2ccccc2)cc1. The molecule has 3 aromatic rings. The van der Waals surface area contributed by atoms with Crippen LogP contribution >= 0.6 is 0 Å². The summed E-state index contributed by atoms with van der Waals surface area (Å²) in [7, 11) is -1.13. The molecule has 1 unspecified atom stereocenters. The molecule has 3 heteroatoms. The minimum atomic E-state index is -1.13. The number of aryl methyl sites for hydroxylation is 1. The van der Waals surface area contributed by atoms with E-state index in [0.717, 1.165) is 4.90 Å². The van der Waals surface area contributed by atoms with Crippen LogP contribution in [-0.4, -0.2) is 25.1 Å². The molecule has 0 aliphatic carbocycles. The van der Waals surface area contributed by atoms with Crippen molar-refractivity contribution in [3.63, 3.8) is 0 Å². The van der Waals surface area contributed by atoms with E-state index in [0.29, 0.717) is 0 Å². The molecule has 0 saturated heterocycles. The van der Waals surface area contributed by atoms with E-state index in [1.54, 1.807) is 0 Å². The average molecular weight is 446 g/mol. The molecular weight excluding hydrogens is 428 g/mol. The van der Waals surface area contributed by atoms with Crippen LogP contribution in [0.5, 0.6) is 0 Å². The minimum absolute atomic E-state index is 0.590. The first-order valence-corrected chi connectivity index (χ1v) is 11.2. The first-order chi connectivity index (χ1) is 11.7. The molecule has 24 heavy (non-hydrogen) atoms. The molecular formula is C21H18OSTe.